The van der Waals surface area contributed by atoms with E-state index in [4.69, 9.17) is 9.47 Å². The number of carbonyl (C=O) groups is 2. The molecule has 0 unspecified atom stereocenters. The fourth-order valence-corrected chi connectivity index (χ4v) is 3.08. The molecule has 31 heavy (non-hydrogen) atoms. The summed E-state index contributed by atoms with van der Waals surface area (Å²) < 4.78 is 12.3. The minimum Gasteiger partial charge on any atom is -0.477 e. The first-order valence-corrected chi connectivity index (χ1v) is 10.4. The number of fused-ring (bicyclic) bond motifs is 1. The van der Waals surface area contributed by atoms with Crippen LogP contribution < -0.4 is 10.7 Å². The van der Waals surface area contributed by atoms with Gasteiger partial charge in [0.1, 0.15) is 5.56 Å². The third-order valence-corrected chi connectivity index (χ3v) is 4.72. The number of carboxylic acid groups (broad SMARTS) is 1. The van der Waals surface area contributed by atoms with Crippen LogP contribution in [0.15, 0.2) is 29.2 Å². The Morgan fingerprint density at radius 3 is 2.58 bits per heavy atom. The Kier molecular flexibility index (Phi) is 12.5. The second-order valence-corrected chi connectivity index (χ2v) is 6.95. The molecule has 0 aliphatic rings. The van der Waals surface area contributed by atoms with Crippen molar-refractivity contribution in [2.45, 2.75) is 46.1 Å². The van der Waals surface area contributed by atoms with Gasteiger partial charge >= 0.3 is 12.1 Å². The SMILES string of the molecule is CCCCOC(=O)NCCOCCCc1ccc2c(c1)c(=O)c(C(=O)O)cn2CC.[Na]. The van der Waals surface area contributed by atoms with E-state index in [0.29, 0.717) is 44.7 Å². The summed E-state index contributed by atoms with van der Waals surface area (Å²) >= 11 is 0. The fraction of sp³-hybridized carbons (Fsp3) is 0.500. The van der Waals surface area contributed by atoms with E-state index in [-0.39, 0.29) is 35.1 Å². The average molecular weight is 441 g/mol. The number of ether oxygens (including phenoxy) is 2. The van der Waals surface area contributed by atoms with Crippen LogP contribution in [0.4, 0.5) is 4.79 Å². The molecule has 0 fully saturated rings. The second kappa shape index (κ2) is 14.2. The molecule has 1 radical (unpaired) electrons. The van der Waals surface area contributed by atoms with Crippen molar-refractivity contribution in [3.05, 3.63) is 45.7 Å². The van der Waals surface area contributed by atoms with Gasteiger partial charge in [0.25, 0.3) is 0 Å². The quantitative estimate of drug-likeness (QED) is 0.388. The van der Waals surface area contributed by atoms with E-state index in [2.05, 4.69) is 5.32 Å². The zero-order valence-electron chi connectivity index (χ0n) is 18.6. The zero-order chi connectivity index (χ0) is 21.9. The van der Waals surface area contributed by atoms with Crippen molar-refractivity contribution in [1.82, 2.24) is 9.88 Å². The maximum absolute atomic E-state index is 12.5. The summed E-state index contributed by atoms with van der Waals surface area (Å²) in [6.45, 7) is 6.22. The van der Waals surface area contributed by atoms with Crippen molar-refractivity contribution in [2.75, 3.05) is 26.4 Å². The molecule has 0 spiro atoms. The van der Waals surface area contributed by atoms with Crippen molar-refractivity contribution >= 4 is 52.5 Å². The Hall–Kier alpha value is -1.87. The summed E-state index contributed by atoms with van der Waals surface area (Å²) in [5.41, 5.74) is 0.998. The van der Waals surface area contributed by atoms with Crippen LogP contribution in [0, 0.1) is 0 Å². The number of hydrogen-bond donors (Lipinski definition) is 2. The van der Waals surface area contributed by atoms with Crippen LogP contribution in [0.5, 0.6) is 0 Å². The number of amides is 1. The predicted octanol–water partition coefficient (Wildman–Crippen LogP) is 2.81. The van der Waals surface area contributed by atoms with Gasteiger partial charge < -0.3 is 24.5 Å². The summed E-state index contributed by atoms with van der Waals surface area (Å²) in [6, 6.07) is 5.57. The van der Waals surface area contributed by atoms with Gasteiger partial charge in [-0.05, 0) is 43.9 Å². The van der Waals surface area contributed by atoms with Crippen LogP contribution in [0.3, 0.4) is 0 Å². The average Bonchev–Trinajstić information content (AvgIpc) is 2.73. The minimum atomic E-state index is -1.22. The van der Waals surface area contributed by atoms with Gasteiger partial charge in [0, 0.05) is 60.8 Å². The summed E-state index contributed by atoms with van der Waals surface area (Å²) in [5.74, 6) is -1.22. The number of pyridine rings is 1. The van der Waals surface area contributed by atoms with Crippen LogP contribution in [0.1, 0.15) is 49.0 Å². The Balaban J connectivity index is 0.00000480. The monoisotopic (exact) mass is 441 g/mol. The van der Waals surface area contributed by atoms with E-state index < -0.39 is 17.5 Å². The molecule has 1 aromatic heterocycles. The number of aryl methyl sites for hydroxylation is 2. The molecule has 0 aliphatic carbocycles. The molecule has 2 rings (SSSR count). The number of benzene rings is 1. The van der Waals surface area contributed by atoms with Crippen molar-refractivity contribution in [1.29, 1.82) is 0 Å². The van der Waals surface area contributed by atoms with Crippen molar-refractivity contribution in [3.63, 3.8) is 0 Å². The number of nitrogens with zero attached hydrogens (tertiary/aromatic N) is 1. The van der Waals surface area contributed by atoms with Crippen LogP contribution in [0.2, 0.25) is 0 Å². The maximum Gasteiger partial charge on any atom is 0.407 e. The molecule has 2 N–H and O–H groups in total. The Morgan fingerprint density at radius 1 is 1.13 bits per heavy atom. The second-order valence-electron chi connectivity index (χ2n) is 6.95. The molecule has 0 bridgehead atoms. The first-order valence-electron chi connectivity index (χ1n) is 10.4. The molecule has 1 heterocycles. The van der Waals surface area contributed by atoms with Gasteiger partial charge in [-0.3, -0.25) is 4.79 Å². The topological polar surface area (TPSA) is 107 Å². The zero-order valence-corrected chi connectivity index (χ0v) is 20.6. The van der Waals surface area contributed by atoms with Gasteiger partial charge in [-0.25, -0.2) is 9.59 Å². The molecule has 9 heteroatoms. The van der Waals surface area contributed by atoms with Crippen LogP contribution in [-0.2, 0) is 22.4 Å². The number of carbonyl (C=O) groups excluding carboxylic acids is 1. The smallest absolute Gasteiger partial charge is 0.407 e. The number of aromatic nitrogens is 1. The molecule has 0 saturated heterocycles. The van der Waals surface area contributed by atoms with Gasteiger partial charge in [0.2, 0.25) is 5.43 Å². The van der Waals surface area contributed by atoms with Crippen molar-refractivity contribution < 1.29 is 24.2 Å². The number of rotatable bonds is 12. The number of carboxylic acids is 1. The Labute approximate surface area is 204 Å². The number of aromatic carboxylic acids is 1. The molecular formula is C22H30N2NaO6. The molecular weight excluding hydrogens is 411 g/mol. The largest absolute Gasteiger partial charge is 0.477 e. The van der Waals surface area contributed by atoms with E-state index >= 15 is 0 Å². The van der Waals surface area contributed by atoms with Crippen LogP contribution in [0.25, 0.3) is 10.9 Å². The van der Waals surface area contributed by atoms with Crippen molar-refractivity contribution in [3.8, 4) is 0 Å². The van der Waals surface area contributed by atoms with Gasteiger partial charge in [0.05, 0.1) is 18.7 Å². The Bertz CT molecular complexity index is 928. The van der Waals surface area contributed by atoms with E-state index in [1.165, 1.54) is 6.20 Å². The van der Waals surface area contributed by atoms with E-state index in [1.54, 1.807) is 10.6 Å². The summed E-state index contributed by atoms with van der Waals surface area (Å²) in [4.78, 5) is 35.3. The van der Waals surface area contributed by atoms with Crippen molar-refractivity contribution in [2.24, 2.45) is 0 Å². The van der Waals surface area contributed by atoms with E-state index in [9.17, 15) is 19.5 Å². The predicted molar refractivity (Wildman–Crippen MR) is 120 cm³/mol. The van der Waals surface area contributed by atoms with Gasteiger partial charge in [-0.15, -0.1) is 0 Å². The third kappa shape index (κ3) is 8.29. The molecule has 1 amide bonds. The standard InChI is InChI=1S/C22H30N2O6.Na/c1-3-5-12-30-22(28)23-10-13-29-11-6-7-16-8-9-19-17(14-16)20(25)18(21(26)27)15-24(19)4-2;/h8-9,14-15H,3-7,10-13H2,1-2H3,(H,23,28)(H,26,27);. The molecule has 0 saturated carbocycles. The number of alkyl carbamates (subject to hydrolysis) is 1. The molecule has 2 aromatic rings. The number of nitrogens with one attached hydrogen (secondary N) is 1. The minimum absolute atomic E-state index is 0. The summed E-state index contributed by atoms with van der Waals surface area (Å²) in [6.07, 6.45) is 4.24. The number of unbranched alkanes of at least 4 members (excludes halogenated alkanes) is 1. The molecule has 165 valence electrons. The van der Waals surface area contributed by atoms with E-state index in [1.807, 2.05) is 26.0 Å². The van der Waals surface area contributed by atoms with E-state index in [0.717, 1.165) is 30.3 Å². The van der Waals surface area contributed by atoms with Gasteiger partial charge in [-0.2, -0.15) is 0 Å². The third-order valence-electron chi connectivity index (χ3n) is 4.72. The van der Waals surface area contributed by atoms with Gasteiger partial charge in [-0.1, -0.05) is 19.4 Å². The van der Waals surface area contributed by atoms with Gasteiger partial charge in [0.15, 0.2) is 0 Å². The summed E-state index contributed by atoms with van der Waals surface area (Å²) in [7, 11) is 0. The molecule has 8 nitrogen and oxygen atoms in total. The molecule has 0 aliphatic heterocycles. The first-order chi connectivity index (χ1) is 14.5. The first kappa shape index (κ1) is 27.2. The number of hydrogen-bond acceptors (Lipinski definition) is 5. The summed E-state index contributed by atoms with van der Waals surface area (Å²) in [5, 5.41) is 12.3. The van der Waals surface area contributed by atoms with Crippen LogP contribution in [-0.4, -0.2) is 77.7 Å². The molecule has 0 atom stereocenters. The maximum atomic E-state index is 12.5. The van der Waals surface area contributed by atoms with Crippen LogP contribution >= 0.6 is 0 Å². The Morgan fingerprint density at radius 2 is 1.90 bits per heavy atom. The molecule has 1 aromatic carbocycles. The normalized spacial score (nSPS) is 10.5. The fourth-order valence-electron chi connectivity index (χ4n) is 3.08.